The highest BCUT2D eigenvalue weighted by molar-refractivity contribution is 9.10. The normalized spacial score (nSPS) is 9.95. The lowest BCUT2D eigenvalue weighted by Gasteiger charge is -2.10. The summed E-state index contributed by atoms with van der Waals surface area (Å²) in [7, 11) is 1.25. The van der Waals surface area contributed by atoms with Crippen LogP contribution < -0.4 is 5.56 Å². The van der Waals surface area contributed by atoms with Gasteiger partial charge in [0.1, 0.15) is 11.6 Å². The smallest absolute Gasteiger partial charge is 0.339 e. The number of benzene rings is 1. The Labute approximate surface area is 129 Å². The number of nitriles is 1. The van der Waals surface area contributed by atoms with Crippen molar-refractivity contribution in [2.45, 2.75) is 6.54 Å². The Balaban J connectivity index is 2.53. The minimum Gasteiger partial charge on any atom is -0.465 e. The zero-order valence-electron chi connectivity index (χ0n) is 11.2. The maximum absolute atomic E-state index is 12.2. The molecular weight excluding hydrogens is 336 g/mol. The molecule has 0 fully saturated rings. The van der Waals surface area contributed by atoms with Crippen LogP contribution in [-0.2, 0) is 11.3 Å². The van der Waals surface area contributed by atoms with Crippen molar-refractivity contribution in [3.8, 4) is 6.07 Å². The van der Waals surface area contributed by atoms with E-state index in [-0.39, 0.29) is 17.7 Å². The number of hydrogen-bond acceptors (Lipinski definition) is 4. The second-order valence-corrected chi connectivity index (χ2v) is 5.12. The van der Waals surface area contributed by atoms with Crippen LogP contribution in [0.2, 0.25) is 0 Å². The molecule has 0 aliphatic heterocycles. The van der Waals surface area contributed by atoms with Crippen molar-refractivity contribution in [3.63, 3.8) is 0 Å². The van der Waals surface area contributed by atoms with Gasteiger partial charge in [-0.05, 0) is 17.7 Å². The second-order valence-electron chi connectivity index (χ2n) is 4.27. The summed E-state index contributed by atoms with van der Waals surface area (Å²) in [4.78, 5) is 23.8. The molecule has 6 heteroatoms. The standard InChI is InChI=1S/C15H11BrN2O3/c1-21-15(20)12-6-11(7-17)14(19)18(9-12)8-10-4-2-3-5-13(10)16/h2-6,9H,8H2,1H3. The lowest BCUT2D eigenvalue weighted by molar-refractivity contribution is 0.0599. The highest BCUT2D eigenvalue weighted by Crippen LogP contribution is 2.16. The van der Waals surface area contributed by atoms with Gasteiger partial charge >= 0.3 is 5.97 Å². The first-order valence-corrected chi connectivity index (χ1v) is 6.82. The lowest BCUT2D eigenvalue weighted by atomic mass is 10.2. The second kappa shape index (κ2) is 6.37. The van der Waals surface area contributed by atoms with Crippen LogP contribution >= 0.6 is 15.9 Å². The van der Waals surface area contributed by atoms with Crippen molar-refractivity contribution in [2.24, 2.45) is 0 Å². The van der Waals surface area contributed by atoms with Crippen molar-refractivity contribution in [1.82, 2.24) is 4.57 Å². The van der Waals surface area contributed by atoms with Gasteiger partial charge in [0.15, 0.2) is 0 Å². The number of ether oxygens (including phenoxy) is 1. The summed E-state index contributed by atoms with van der Waals surface area (Å²) in [6.07, 6.45) is 1.40. The third-order valence-electron chi connectivity index (χ3n) is 2.93. The molecule has 1 heterocycles. The molecule has 0 aliphatic rings. The number of nitrogens with zero attached hydrogens (tertiary/aromatic N) is 2. The largest absolute Gasteiger partial charge is 0.465 e. The minimum atomic E-state index is -0.590. The maximum Gasteiger partial charge on any atom is 0.339 e. The van der Waals surface area contributed by atoms with Gasteiger partial charge in [-0.25, -0.2) is 4.79 Å². The van der Waals surface area contributed by atoms with Gasteiger partial charge in [0.05, 0.1) is 19.2 Å². The Morgan fingerprint density at radius 2 is 2.14 bits per heavy atom. The van der Waals surface area contributed by atoms with Crippen LogP contribution in [0.5, 0.6) is 0 Å². The van der Waals surface area contributed by atoms with E-state index in [4.69, 9.17) is 5.26 Å². The third-order valence-corrected chi connectivity index (χ3v) is 3.70. The average Bonchev–Trinajstić information content (AvgIpc) is 2.50. The first kappa shape index (κ1) is 15.0. The molecule has 2 rings (SSSR count). The molecule has 0 saturated carbocycles. The van der Waals surface area contributed by atoms with Gasteiger partial charge in [-0.3, -0.25) is 4.79 Å². The molecule has 5 nitrogen and oxygen atoms in total. The summed E-state index contributed by atoms with van der Waals surface area (Å²) in [6.45, 7) is 0.250. The van der Waals surface area contributed by atoms with Crippen molar-refractivity contribution in [3.05, 3.63) is 68.0 Å². The van der Waals surface area contributed by atoms with E-state index in [1.807, 2.05) is 24.3 Å². The first-order chi connectivity index (χ1) is 10.1. The number of hydrogen-bond donors (Lipinski definition) is 0. The maximum atomic E-state index is 12.2. The topological polar surface area (TPSA) is 72.1 Å². The molecule has 0 spiro atoms. The Morgan fingerprint density at radius 3 is 2.76 bits per heavy atom. The number of rotatable bonds is 3. The number of carbonyl (C=O) groups is 1. The van der Waals surface area contributed by atoms with Crippen LogP contribution in [0.1, 0.15) is 21.5 Å². The molecule has 0 aliphatic carbocycles. The van der Waals surface area contributed by atoms with Gasteiger partial charge in [-0.2, -0.15) is 5.26 Å². The van der Waals surface area contributed by atoms with Crippen LogP contribution in [0.4, 0.5) is 0 Å². The number of carbonyl (C=O) groups excluding carboxylic acids is 1. The molecule has 1 aromatic heterocycles. The Bertz CT molecular complexity index is 790. The van der Waals surface area contributed by atoms with Crippen LogP contribution in [0.15, 0.2) is 45.8 Å². The Morgan fingerprint density at radius 1 is 1.43 bits per heavy atom. The highest BCUT2D eigenvalue weighted by Gasteiger charge is 2.13. The van der Waals surface area contributed by atoms with Gasteiger partial charge in [-0.1, -0.05) is 34.1 Å². The van der Waals surface area contributed by atoms with Gasteiger partial charge in [0.25, 0.3) is 5.56 Å². The van der Waals surface area contributed by atoms with E-state index in [0.29, 0.717) is 0 Å². The SMILES string of the molecule is COC(=O)c1cc(C#N)c(=O)n(Cc2ccccc2Br)c1. The zero-order chi connectivity index (χ0) is 15.4. The van der Waals surface area contributed by atoms with Crippen LogP contribution in [0.25, 0.3) is 0 Å². The zero-order valence-corrected chi connectivity index (χ0v) is 12.8. The van der Waals surface area contributed by atoms with E-state index in [9.17, 15) is 9.59 Å². The Hall–Kier alpha value is -2.39. The predicted octanol–water partition coefficient (Wildman–Crippen LogP) is 2.32. The fourth-order valence-electron chi connectivity index (χ4n) is 1.87. The molecule has 1 aromatic carbocycles. The van der Waals surface area contributed by atoms with Crippen molar-refractivity contribution < 1.29 is 9.53 Å². The lowest BCUT2D eigenvalue weighted by Crippen LogP contribution is -2.24. The number of pyridine rings is 1. The summed E-state index contributed by atoms with van der Waals surface area (Å²) < 4.78 is 6.80. The van der Waals surface area contributed by atoms with E-state index in [0.717, 1.165) is 10.0 Å². The molecule has 0 saturated heterocycles. The van der Waals surface area contributed by atoms with Crippen LogP contribution in [-0.4, -0.2) is 17.6 Å². The Kier molecular flexibility index (Phi) is 4.55. The average molecular weight is 347 g/mol. The number of esters is 1. The van der Waals surface area contributed by atoms with Crippen LogP contribution in [0.3, 0.4) is 0 Å². The molecule has 106 valence electrons. The predicted molar refractivity (Wildman–Crippen MR) is 80.0 cm³/mol. The molecule has 0 unspecified atom stereocenters. The summed E-state index contributed by atoms with van der Waals surface area (Å²) in [5, 5.41) is 9.02. The number of methoxy groups -OCH3 is 1. The van der Waals surface area contributed by atoms with E-state index in [2.05, 4.69) is 20.7 Å². The highest BCUT2D eigenvalue weighted by atomic mass is 79.9. The number of aromatic nitrogens is 1. The molecule has 0 N–H and O–H groups in total. The van der Waals surface area contributed by atoms with Crippen molar-refractivity contribution >= 4 is 21.9 Å². The monoisotopic (exact) mass is 346 g/mol. The minimum absolute atomic E-state index is 0.0926. The third kappa shape index (κ3) is 3.20. The molecule has 0 amide bonds. The molecule has 21 heavy (non-hydrogen) atoms. The summed E-state index contributed by atoms with van der Waals surface area (Å²) in [6, 6.07) is 10.5. The van der Waals surface area contributed by atoms with E-state index in [1.165, 1.54) is 23.9 Å². The van der Waals surface area contributed by atoms with E-state index < -0.39 is 11.5 Å². The molecule has 0 radical (unpaired) electrons. The molecule has 0 bridgehead atoms. The van der Waals surface area contributed by atoms with Gasteiger partial charge in [0.2, 0.25) is 0 Å². The fourth-order valence-corrected chi connectivity index (χ4v) is 2.28. The van der Waals surface area contributed by atoms with E-state index in [1.54, 1.807) is 6.07 Å². The van der Waals surface area contributed by atoms with Crippen LogP contribution in [0, 0.1) is 11.3 Å². The molecular formula is C15H11BrN2O3. The fraction of sp³-hybridized carbons (Fsp3) is 0.133. The van der Waals surface area contributed by atoms with Crippen molar-refractivity contribution in [2.75, 3.05) is 7.11 Å². The molecule has 2 aromatic rings. The quantitative estimate of drug-likeness (QED) is 0.799. The first-order valence-electron chi connectivity index (χ1n) is 6.03. The van der Waals surface area contributed by atoms with Gasteiger partial charge < -0.3 is 9.30 Å². The molecule has 0 atom stereocenters. The summed E-state index contributed by atoms with van der Waals surface area (Å²) >= 11 is 3.40. The van der Waals surface area contributed by atoms with E-state index >= 15 is 0 Å². The number of halogens is 1. The van der Waals surface area contributed by atoms with Gasteiger partial charge in [-0.15, -0.1) is 0 Å². The van der Waals surface area contributed by atoms with Crippen molar-refractivity contribution in [1.29, 1.82) is 5.26 Å². The van der Waals surface area contributed by atoms with Gasteiger partial charge in [0, 0.05) is 10.7 Å². The summed E-state index contributed by atoms with van der Waals surface area (Å²) in [5.74, 6) is -0.590. The summed E-state index contributed by atoms with van der Waals surface area (Å²) in [5.41, 5.74) is 0.497.